The zero-order chi connectivity index (χ0) is 37.5. The summed E-state index contributed by atoms with van der Waals surface area (Å²) in [7, 11) is 0. The monoisotopic (exact) mass is 726 g/mol. The minimum atomic E-state index is 0.891. The zero-order valence-corrected chi connectivity index (χ0v) is 30.9. The fourth-order valence-corrected chi connectivity index (χ4v) is 9.16. The van der Waals surface area contributed by atoms with Gasteiger partial charge in [0.2, 0.25) is 0 Å². The van der Waals surface area contributed by atoms with E-state index in [9.17, 15) is 0 Å². The lowest BCUT2D eigenvalue weighted by molar-refractivity contribution is 0.669. The molecule has 3 heterocycles. The Morgan fingerprint density at radius 2 is 0.912 bits per heavy atom. The van der Waals surface area contributed by atoms with Crippen LogP contribution in [0.25, 0.3) is 93.4 Å². The van der Waals surface area contributed by atoms with Crippen molar-refractivity contribution in [3.8, 4) is 33.4 Å². The number of benzene rings is 9. The lowest BCUT2D eigenvalue weighted by Gasteiger charge is -2.27. The minimum Gasteiger partial charge on any atom is -0.456 e. The van der Waals surface area contributed by atoms with Crippen molar-refractivity contribution >= 4 is 77.1 Å². The van der Waals surface area contributed by atoms with Gasteiger partial charge in [0.15, 0.2) is 0 Å². The third-order valence-electron chi connectivity index (χ3n) is 11.7. The summed E-state index contributed by atoms with van der Waals surface area (Å²) in [6.45, 7) is 0. The van der Waals surface area contributed by atoms with Gasteiger partial charge in [0, 0.05) is 43.7 Å². The Bertz CT molecular complexity index is 3430. The summed E-state index contributed by atoms with van der Waals surface area (Å²) < 4.78 is 8.96. The third kappa shape index (κ3) is 4.86. The van der Waals surface area contributed by atoms with Crippen LogP contribution in [0.2, 0.25) is 0 Å². The number of nitrogens with zero attached hydrogens (tertiary/aromatic N) is 2. The van der Waals surface area contributed by atoms with Gasteiger partial charge in [-0.15, -0.1) is 0 Å². The smallest absolute Gasteiger partial charge is 0.136 e. The Balaban J connectivity index is 1.04. The van der Waals surface area contributed by atoms with Gasteiger partial charge in [-0.2, -0.15) is 0 Å². The molecule has 0 spiro atoms. The molecule has 12 aromatic rings. The van der Waals surface area contributed by atoms with Gasteiger partial charge in [-0.3, -0.25) is 0 Å². The Kier molecular flexibility index (Phi) is 6.93. The molecule has 266 valence electrons. The molecule has 3 aromatic heterocycles. The highest BCUT2D eigenvalue weighted by molar-refractivity contribution is 6.27. The number of para-hydroxylation sites is 2. The summed E-state index contributed by atoms with van der Waals surface area (Å²) in [4.78, 5) is 2.43. The average Bonchev–Trinajstić information content (AvgIpc) is 3.95. The molecule has 0 N–H and O–H groups in total. The fraction of sp³-hybridized carbons (Fsp3) is 0. The second-order valence-corrected chi connectivity index (χ2v) is 14.9. The molecule has 0 radical (unpaired) electrons. The number of furan rings is 1. The summed E-state index contributed by atoms with van der Waals surface area (Å²) in [6, 6.07) is 74.3. The number of fused-ring (bicyclic) bond motifs is 9. The van der Waals surface area contributed by atoms with E-state index in [1.165, 1.54) is 54.8 Å². The van der Waals surface area contributed by atoms with E-state index in [1.807, 2.05) is 6.07 Å². The molecule has 0 aliphatic carbocycles. The molecule has 0 fully saturated rings. The highest BCUT2D eigenvalue weighted by atomic mass is 16.3. The lowest BCUT2D eigenvalue weighted by atomic mass is 9.97. The molecule has 0 saturated carbocycles. The number of hydrogen-bond donors (Lipinski definition) is 0. The highest BCUT2D eigenvalue weighted by Gasteiger charge is 2.24. The summed E-state index contributed by atoms with van der Waals surface area (Å²) in [5, 5.41) is 7.29. The molecule has 12 rings (SSSR count). The minimum absolute atomic E-state index is 0.891. The van der Waals surface area contributed by atoms with E-state index < -0.39 is 0 Å². The van der Waals surface area contributed by atoms with Gasteiger partial charge in [0.1, 0.15) is 11.2 Å². The predicted molar refractivity (Wildman–Crippen MR) is 239 cm³/mol. The maximum atomic E-state index is 6.50. The summed E-state index contributed by atoms with van der Waals surface area (Å²) in [6.07, 6.45) is 0. The molecule has 0 amide bonds. The van der Waals surface area contributed by atoms with Gasteiger partial charge in [-0.05, 0) is 94.0 Å². The summed E-state index contributed by atoms with van der Waals surface area (Å²) in [5.74, 6) is 0. The molecule has 0 aliphatic heterocycles. The second kappa shape index (κ2) is 12.5. The van der Waals surface area contributed by atoms with Crippen molar-refractivity contribution in [2.75, 3.05) is 4.90 Å². The zero-order valence-electron chi connectivity index (χ0n) is 30.9. The molecule has 0 aliphatic rings. The van der Waals surface area contributed by atoms with Crippen LogP contribution < -0.4 is 4.90 Å². The molecular weight excluding hydrogens is 693 g/mol. The maximum Gasteiger partial charge on any atom is 0.136 e. The second-order valence-electron chi connectivity index (χ2n) is 14.9. The first-order valence-electron chi connectivity index (χ1n) is 19.5. The van der Waals surface area contributed by atoms with Crippen molar-refractivity contribution in [2.24, 2.45) is 0 Å². The van der Waals surface area contributed by atoms with Crippen LogP contribution in [0.1, 0.15) is 0 Å². The molecular formula is C54H34N2O. The number of anilines is 3. The fourth-order valence-electron chi connectivity index (χ4n) is 9.16. The van der Waals surface area contributed by atoms with Crippen LogP contribution in [0, 0.1) is 0 Å². The van der Waals surface area contributed by atoms with Crippen LogP contribution in [0.4, 0.5) is 17.1 Å². The molecule has 3 nitrogen and oxygen atoms in total. The molecule has 0 unspecified atom stereocenters. The van der Waals surface area contributed by atoms with Crippen molar-refractivity contribution in [1.82, 2.24) is 4.40 Å². The van der Waals surface area contributed by atoms with Crippen LogP contribution in [-0.2, 0) is 0 Å². The van der Waals surface area contributed by atoms with E-state index in [-0.39, 0.29) is 0 Å². The Hall–Kier alpha value is -7.62. The van der Waals surface area contributed by atoms with E-state index in [1.54, 1.807) is 0 Å². The molecule has 57 heavy (non-hydrogen) atoms. The van der Waals surface area contributed by atoms with Gasteiger partial charge < -0.3 is 13.7 Å². The van der Waals surface area contributed by atoms with Gasteiger partial charge in [-0.25, -0.2) is 0 Å². The van der Waals surface area contributed by atoms with Gasteiger partial charge in [0.05, 0.1) is 22.2 Å². The molecule has 0 bridgehead atoms. The topological polar surface area (TPSA) is 20.8 Å². The summed E-state index contributed by atoms with van der Waals surface area (Å²) in [5.41, 5.74) is 15.8. The Labute approximate surface area is 329 Å². The molecule has 3 heteroatoms. The number of hydrogen-bond acceptors (Lipinski definition) is 2. The van der Waals surface area contributed by atoms with Crippen LogP contribution in [0.15, 0.2) is 211 Å². The predicted octanol–water partition coefficient (Wildman–Crippen LogP) is 15.2. The van der Waals surface area contributed by atoms with Crippen molar-refractivity contribution in [3.63, 3.8) is 0 Å². The average molecular weight is 727 g/mol. The van der Waals surface area contributed by atoms with Crippen LogP contribution in [-0.4, -0.2) is 4.40 Å². The summed E-state index contributed by atoms with van der Waals surface area (Å²) >= 11 is 0. The first-order chi connectivity index (χ1) is 28.3. The van der Waals surface area contributed by atoms with Crippen molar-refractivity contribution in [1.29, 1.82) is 0 Å². The van der Waals surface area contributed by atoms with Crippen LogP contribution in [0.5, 0.6) is 0 Å². The first-order valence-corrected chi connectivity index (χ1v) is 19.5. The normalized spacial score (nSPS) is 11.9. The van der Waals surface area contributed by atoms with Crippen molar-refractivity contribution in [2.45, 2.75) is 0 Å². The van der Waals surface area contributed by atoms with Gasteiger partial charge in [-0.1, -0.05) is 146 Å². The highest BCUT2D eigenvalue weighted by Crippen LogP contribution is 2.48. The lowest BCUT2D eigenvalue weighted by Crippen LogP contribution is -2.10. The maximum absolute atomic E-state index is 6.50. The molecule has 0 saturated heterocycles. The van der Waals surface area contributed by atoms with E-state index in [0.717, 1.165) is 55.7 Å². The van der Waals surface area contributed by atoms with Crippen LogP contribution >= 0.6 is 0 Å². The molecule has 0 atom stereocenters. The van der Waals surface area contributed by atoms with Gasteiger partial charge in [0.25, 0.3) is 0 Å². The van der Waals surface area contributed by atoms with Crippen molar-refractivity contribution in [3.05, 3.63) is 206 Å². The Morgan fingerprint density at radius 3 is 1.63 bits per heavy atom. The standard InChI is InChI=1S/C54H34N2O/c1-3-12-35(13-4-1)37-22-27-40(28-23-37)55(49-33-32-44-43-16-7-9-19-47(43)56-48-20-10-8-17-45(48)53(49)54(44)56)41-29-24-38(25-30-41)42-18-11-21-50-52(42)46-31-26-39(34-51(46)57-50)36-14-5-2-6-15-36/h1-34H. The number of rotatable bonds is 6. The van der Waals surface area contributed by atoms with E-state index in [2.05, 4.69) is 209 Å². The van der Waals surface area contributed by atoms with E-state index in [4.69, 9.17) is 4.42 Å². The van der Waals surface area contributed by atoms with E-state index in [0.29, 0.717) is 0 Å². The van der Waals surface area contributed by atoms with E-state index >= 15 is 0 Å². The first kappa shape index (κ1) is 31.7. The third-order valence-corrected chi connectivity index (χ3v) is 11.7. The largest absolute Gasteiger partial charge is 0.456 e. The van der Waals surface area contributed by atoms with Crippen molar-refractivity contribution < 1.29 is 4.42 Å². The molecule has 9 aromatic carbocycles. The SMILES string of the molecule is c1ccc(-c2ccc(N(c3ccc(-c4cccc5oc6cc(-c7ccccc7)ccc6c45)cc3)c3ccc4c5ccccc5n5c6ccccc6c3c45)cc2)cc1. The quantitative estimate of drug-likeness (QED) is 0.170. The number of aromatic nitrogens is 1. The Morgan fingerprint density at radius 1 is 0.351 bits per heavy atom. The van der Waals surface area contributed by atoms with Gasteiger partial charge >= 0.3 is 0 Å². The van der Waals surface area contributed by atoms with Crippen LogP contribution in [0.3, 0.4) is 0 Å².